The van der Waals surface area contributed by atoms with E-state index in [-0.39, 0.29) is 43.2 Å². The number of carbonyl (C=O) groups excluding carboxylic acids is 3. The summed E-state index contributed by atoms with van der Waals surface area (Å²) in [6.45, 7) is 4.85. The zero-order chi connectivity index (χ0) is 23.5. The van der Waals surface area contributed by atoms with E-state index in [2.05, 4.69) is 22.9 Å². The highest BCUT2D eigenvalue weighted by molar-refractivity contribution is 5.89. The van der Waals surface area contributed by atoms with Gasteiger partial charge in [-0.2, -0.15) is 0 Å². The zero-order valence-corrected chi connectivity index (χ0v) is 19.2. The number of rotatable bonds is 3. The maximum atomic E-state index is 13.7. The van der Waals surface area contributed by atoms with Gasteiger partial charge in [-0.15, -0.1) is 0 Å². The summed E-state index contributed by atoms with van der Waals surface area (Å²) in [7, 11) is 1.57. The van der Waals surface area contributed by atoms with Crippen LogP contribution < -0.4 is 20.7 Å². The van der Waals surface area contributed by atoms with Crippen LogP contribution in [0.15, 0.2) is 18.2 Å². The van der Waals surface area contributed by atoms with Gasteiger partial charge in [-0.05, 0) is 36.8 Å². The van der Waals surface area contributed by atoms with Crippen molar-refractivity contribution in [3.05, 3.63) is 29.6 Å². The fourth-order valence-electron chi connectivity index (χ4n) is 3.73. The number of halogens is 1. The minimum absolute atomic E-state index is 0.0547. The molecular weight excluding hydrogens is 415 g/mol. The van der Waals surface area contributed by atoms with Crippen molar-refractivity contribution in [3.63, 3.8) is 0 Å². The van der Waals surface area contributed by atoms with Crippen molar-refractivity contribution in [2.75, 3.05) is 39.8 Å². The van der Waals surface area contributed by atoms with E-state index < -0.39 is 11.9 Å². The second kappa shape index (κ2) is 13.0. The molecule has 9 heteroatoms. The molecule has 0 bridgehead atoms. The summed E-state index contributed by atoms with van der Waals surface area (Å²) in [5, 5.41) is 8.55. The Morgan fingerprint density at radius 3 is 2.72 bits per heavy atom. The zero-order valence-electron chi connectivity index (χ0n) is 19.2. The van der Waals surface area contributed by atoms with Crippen LogP contribution in [-0.2, 0) is 20.8 Å². The largest absolute Gasteiger partial charge is 0.492 e. The molecule has 1 aliphatic heterocycles. The van der Waals surface area contributed by atoms with Crippen LogP contribution in [0.3, 0.4) is 0 Å². The number of carbonyl (C=O) groups is 3. The van der Waals surface area contributed by atoms with Gasteiger partial charge in [0.2, 0.25) is 17.7 Å². The van der Waals surface area contributed by atoms with E-state index in [1.165, 1.54) is 17.0 Å². The maximum Gasteiger partial charge on any atom is 0.240 e. The molecule has 32 heavy (non-hydrogen) atoms. The number of amides is 3. The monoisotopic (exact) mass is 450 g/mol. The summed E-state index contributed by atoms with van der Waals surface area (Å²) < 4.78 is 19.6. The first-order valence-corrected chi connectivity index (χ1v) is 11.2. The lowest BCUT2D eigenvalue weighted by Crippen LogP contribution is -2.52. The lowest BCUT2D eigenvalue weighted by Gasteiger charge is -2.28. The van der Waals surface area contributed by atoms with Crippen LogP contribution in [0, 0.1) is 11.7 Å². The second-order valence-corrected chi connectivity index (χ2v) is 8.22. The van der Waals surface area contributed by atoms with Crippen molar-refractivity contribution >= 4 is 17.7 Å². The molecule has 3 N–H and O–H groups in total. The van der Waals surface area contributed by atoms with Gasteiger partial charge in [-0.25, -0.2) is 4.39 Å². The molecule has 2 unspecified atom stereocenters. The third kappa shape index (κ3) is 8.11. The first kappa shape index (κ1) is 25.6. The summed E-state index contributed by atoms with van der Waals surface area (Å²) in [5.41, 5.74) is 0.849. The van der Waals surface area contributed by atoms with E-state index >= 15 is 0 Å². The topological polar surface area (TPSA) is 99.8 Å². The summed E-state index contributed by atoms with van der Waals surface area (Å²) in [5.74, 6) is -0.752. The van der Waals surface area contributed by atoms with Gasteiger partial charge >= 0.3 is 0 Å². The predicted molar refractivity (Wildman–Crippen MR) is 120 cm³/mol. The molecule has 1 aromatic carbocycles. The molecule has 0 saturated carbocycles. The average molecular weight is 451 g/mol. The van der Waals surface area contributed by atoms with Crippen LogP contribution in [0.2, 0.25) is 0 Å². The first-order valence-electron chi connectivity index (χ1n) is 11.2. The summed E-state index contributed by atoms with van der Waals surface area (Å²) in [4.78, 5) is 38.6. The number of benzene rings is 1. The molecule has 3 amide bonds. The summed E-state index contributed by atoms with van der Waals surface area (Å²) in [6, 6.07) is 3.95. The van der Waals surface area contributed by atoms with Gasteiger partial charge in [-0.1, -0.05) is 26.3 Å². The quantitative estimate of drug-likeness (QED) is 0.644. The van der Waals surface area contributed by atoms with Crippen molar-refractivity contribution < 1.29 is 23.5 Å². The van der Waals surface area contributed by atoms with Crippen LogP contribution in [-0.4, -0.2) is 68.5 Å². The molecule has 0 radical (unpaired) electrons. The van der Waals surface area contributed by atoms with E-state index in [0.29, 0.717) is 31.7 Å². The first-order chi connectivity index (χ1) is 15.3. The molecule has 178 valence electrons. The van der Waals surface area contributed by atoms with Crippen molar-refractivity contribution in [2.24, 2.45) is 5.92 Å². The Morgan fingerprint density at radius 1 is 1.19 bits per heavy atom. The van der Waals surface area contributed by atoms with Crippen LogP contribution in [0.4, 0.5) is 4.39 Å². The number of nitrogens with zero attached hydrogens (tertiary/aromatic N) is 1. The highest BCUT2D eigenvalue weighted by Gasteiger charge is 2.28. The molecule has 0 fully saturated rings. The Kier molecular flexibility index (Phi) is 10.4. The Morgan fingerprint density at radius 2 is 1.97 bits per heavy atom. The molecule has 0 spiro atoms. The minimum Gasteiger partial charge on any atom is -0.492 e. The van der Waals surface area contributed by atoms with Gasteiger partial charge in [0.15, 0.2) is 0 Å². The second-order valence-electron chi connectivity index (χ2n) is 8.22. The summed E-state index contributed by atoms with van der Waals surface area (Å²) in [6.07, 6.45) is 3.02. The highest BCUT2D eigenvalue weighted by atomic mass is 19.1. The smallest absolute Gasteiger partial charge is 0.240 e. The van der Waals surface area contributed by atoms with Crippen LogP contribution >= 0.6 is 0 Å². The van der Waals surface area contributed by atoms with Crippen molar-refractivity contribution in [2.45, 2.75) is 45.6 Å². The number of ether oxygens (including phenoxy) is 1. The molecule has 1 aromatic rings. The average Bonchev–Trinajstić information content (AvgIpc) is 2.75. The third-order valence-corrected chi connectivity index (χ3v) is 5.48. The lowest BCUT2D eigenvalue weighted by molar-refractivity contribution is -0.137. The fraction of sp³-hybridized carbons (Fsp3) is 0.609. The summed E-state index contributed by atoms with van der Waals surface area (Å²) >= 11 is 0. The van der Waals surface area contributed by atoms with Crippen LogP contribution in [0.5, 0.6) is 5.75 Å². The van der Waals surface area contributed by atoms with E-state index in [1.54, 1.807) is 13.1 Å². The van der Waals surface area contributed by atoms with E-state index in [9.17, 15) is 18.8 Å². The normalized spacial score (nSPS) is 20.8. The maximum absolute atomic E-state index is 13.7. The molecule has 0 aliphatic carbocycles. The fourth-order valence-corrected chi connectivity index (χ4v) is 3.73. The van der Waals surface area contributed by atoms with Crippen LogP contribution in [0.1, 0.15) is 38.7 Å². The Balaban J connectivity index is 2.16. The van der Waals surface area contributed by atoms with Crippen molar-refractivity contribution in [1.29, 1.82) is 0 Å². The van der Waals surface area contributed by atoms with Crippen LogP contribution in [0.25, 0.3) is 0 Å². The number of hydrogen-bond acceptors (Lipinski definition) is 5. The standard InChI is InChI=1S/C23H35FN4O4/c1-4-6-16(2)22-23(31)28(3)15-21(30)27-14-20(29)25-10-5-7-17-8-9-18(24)13-19(17)32-12-11-26-22/h8-9,13,16,22,26H,4-7,10-12,14-15H2,1-3H3,(H,25,29)(H,27,30). The number of likely N-dealkylation sites (N-methyl/N-ethyl adjacent to an activating group) is 1. The molecule has 2 atom stereocenters. The number of aryl methyl sites for hydroxylation is 1. The third-order valence-electron chi connectivity index (χ3n) is 5.48. The van der Waals surface area contributed by atoms with Gasteiger partial charge < -0.3 is 25.6 Å². The molecular formula is C23H35FN4O4. The highest BCUT2D eigenvalue weighted by Crippen LogP contribution is 2.21. The number of fused-ring (bicyclic) bond motifs is 1. The molecule has 2 rings (SSSR count). The Hall–Kier alpha value is -2.68. The SMILES string of the molecule is CCCC(C)C1NCCOc2cc(F)ccc2CCCNC(=O)CNC(=O)CN(C)C1=O. The molecule has 1 aliphatic rings. The number of hydrogen-bond donors (Lipinski definition) is 3. The predicted octanol–water partition coefficient (Wildman–Crippen LogP) is 1.24. The van der Waals surface area contributed by atoms with Gasteiger partial charge in [-0.3, -0.25) is 14.4 Å². The Labute approximate surface area is 189 Å². The van der Waals surface area contributed by atoms with Gasteiger partial charge in [0.1, 0.15) is 18.2 Å². The van der Waals surface area contributed by atoms with Gasteiger partial charge in [0.05, 0.1) is 19.1 Å². The Bertz CT molecular complexity index is 789. The van der Waals surface area contributed by atoms with Crippen molar-refractivity contribution in [1.82, 2.24) is 20.9 Å². The lowest BCUT2D eigenvalue weighted by atomic mass is 9.95. The molecule has 0 aromatic heterocycles. The molecule has 1 heterocycles. The van der Waals surface area contributed by atoms with Crippen molar-refractivity contribution in [3.8, 4) is 5.75 Å². The van der Waals surface area contributed by atoms with Gasteiger partial charge in [0, 0.05) is 26.2 Å². The van der Waals surface area contributed by atoms with E-state index in [1.807, 2.05) is 6.92 Å². The van der Waals surface area contributed by atoms with E-state index in [0.717, 1.165) is 18.4 Å². The molecule has 8 nitrogen and oxygen atoms in total. The van der Waals surface area contributed by atoms with Gasteiger partial charge in [0.25, 0.3) is 0 Å². The molecule has 0 saturated heterocycles. The van der Waals surface area contributed by atoms with E-state index in [4.69, 9.17) is 4.74 Å². The number of nitrogens with one attached hydrogen (secondary N) is 3. The minimum atomic E-state index is -0.481.